The van der Waals surface area contributed by atoms with Crippen LogP contribution in [0.4, 0.5) is 0 Å². The van der Waals surface area contributed by atoms with E-state index in [1.807, 2.05) is 25.1 Å². The zero-order chi connectivity index (χ0) is 16.9. The lowest BCUT2D eigenvalue weighted by molar-refractivity contribution is 0.259. The summed E-state index contributed by atoms with van der Waals surface area (Å²) in [5.74, 6) is 0.708. The van der Waals surface area contributed by atoms with E-state index in [1.165, 1.54) is 6.08 Å². The number of hydrogen-bond acceptors (Lipinski definition) is 4. The molecule has 1 N–H and O–H groups in total. The molecule has 0 amide bonds. The van der Waals surface area contributed by atoms with Crippen molar-refractivity contribution < 1.29 is 12.8 Å². The van der Waals surface area contributed by atoms with Gasteiger partial charge in [-0.1, -0.05) is 23.7 Å². The summed E-state index contributed by atoms with van der Waals surface area (Å²) >= 11 is 5.80. The SMILES string of the molecule is CN(C)C(CNS(=O)(=O)/C=C/c1ccc(Cl)cc1)c1ccco1. The molecule has 2 rings (SSSR count). The van der Waals surface area contributed by atoms with Crippen LogP contribution in [0, 0.1) is 0 Å². The molecular formula is C16H19ClN2O3S. The molecule has 1 atom stereocenters. The molecule has 124 valence electrons. The van der Waals surface area contributed by atoms with E-state index >= 15 is 0 Å². The first kappa shape index (κ1) is 17.7. The molecule has 5 nitrogen and oxygen atoms in total. The number of sulfonamides is 1. The number of furan rings is 1. The van der Waals surface area contributed by atoms with E-state index < -0.39 is 10.0 Å². The molecule has 1 aromatic heterocycles. The predicted molar refractivity (Wildman–Crippen MR) is 92.5 cm³/mol. The first-order chi connectivity index (χ1) is 10.9. The first-order valence-corrected chi connectivity index (χ1v) is 8.93. The smallest absolute Gasteiger partial charge is 0.233 e. The maximum Gasteiger partial charge on any atom is 0.233 e. The average Bonchev–Trinajstić information content (AvgIpc) is 3.00. The van der Waals surface area contributed by atoms with Crippen LogP contribution in [-0.4, -0.2) is 34.0 Å². The first-order valence-electron chi connectivity index (χ1n) is 7.00. The molecule has 0 aliphatic rings. The Morgan fingerprint density at radius 2 is 1.96 bits per heavy atom. The standard InChI is InChI=1S/C16H19ClN2O3S/c1-19(2)15(16-4-3-10-22-16)12-18-23(20,21)11-9-13-5-7-14(17)8-6-13/h3-11,15,18H,12H2,1-2H3/b11-9+. The fraction of sp³-hybridized carbons (Fsp3) is 0.250. The van der Waals surface area contributed by atoms with E-state index in [-0.39, 0.29) is 12.6 Å². The van der Waals surface area contributed by atoms with Crippen molar-refractivity contribution in [1.82, 2.24) is 9.62 Å². The second-order valence-corrected chi connectivity index (χ2v) is 7.33. The van der Waals surface area contributed by atoms with Gasteiger partial charge < -0.3 is 4.42 Å². The van der Waals surface area contributed by atoms with Crippen molar-refractivity contribution in [3.63, 3.8) is 0 Å². The molecule has 0 radical (unpaired) electrons. The van der Waals surface area contributed by atoms with Crippen LogP contribution in [0.2, 0.25) is 5.02 Å². The molecule has 23 heavy (non-hydrogen) atoms. The van der Waals surface area contributed by atoms with Gasteiger partial charge in [0.05, 0.1) is 12.3 Å². The van der Waals surface area contributed by atoms with Gasteiger partial charge in [-0.15, -0.1) is 0 Å². The van der Waals surface area contributed by atoms with Crippen LogP contribution < -0.4 is 4.72 Å². The Bertz CT molecular complexity index is 738. The van der Waals surface area contributed by atoms with Gasteiger partial charge in [-0.3, -0.25) is 4.90 Å². The highest BCUT2D eigenvalue weighted by atomic mass is 35.5. The molecule has 1 unspecified atom stereocenters. The summed E-state index contributed by atoms with van der Waals surface area (Å²) in [4.78, 5) is 1.89. The number of likely N-dealkylation sites (N-methyl/N-ethyl adjacent to an activating group) is 1. The monoisotopic (exact) mass is 354 g/mol. The summed E-state index contributed by atoms with van der Waals surface area (Å²) < 4.78 is 32.1. The number of benzene rings is 1. The minimum absolute atomic E-state index is 0.177. The zero-order valence-corrected chi connectivity index (χ0v) is 14.5. The normalized spacial score (nSPS) is 13.7. The van der Waals surface area contributed by atoms with Crippen LogP contribution in [0.25, 0.3) is 6.08 Å². The van der Waals surface area contributed by atoms with E-state index in [0.29, 0.717) is 10.8 Å². The number of nitrogens with zero attached hydrogens (tertiary/aromatic N) is 1. The van der Waals surface area contributed by atoms with Crippen LogP contribution in [-0.2, 0) is 10.0 Å². The summed E-state index contributed by atoms with van der Waals surface area (Å²) in [5, 5.41) is 1.75. The summed E-state index contributed by atoms with van der Waals surface area (Å²) in [6.45, 7) is 0.216. The molecule has 0 fully saturated rings. The highest BCUT2D eigenvalue weighted by Gasteiger charge is 2.19. The molecule has 2 aromatic rings. The van der Waals surface area contributed by atoms with Crippen molar-refractivity contribution in [1.29, 1.82) is 0 Å². The molecule has 1 aromatic carbocycles. The Balaban J connectivity index is 2.01. The number of nitrogens with one attached hydrogen (secondary N) is 1. The lowest BCUT2D eigenvalue weighted by atomic mass is 10.2. The summed E-state index contributed by atoms with van der Waals surface area (Å²) in [7, 11) is 0.191. The van der Waals surface area contributed by atoms with E-state index in [2.05, 4.69) is 4.72 Å². The maximum atomic E-state index is 12.1. The average molecular weight is 355 g/mol. The van der Waals surface area contributed by atoms with E-state index in [1.54, 1.807) is 36.6 Å². The lowest BCUT2D eigenvalue weighted by Gasteiger charge is -2.22. The van der Waals surface area contributed by atoms with E-state index in [0.717, 1.165) is 11.0 Å². The second-order valence-electron chi connectivity index (χ2n) is 5.24. The fourth-order valence-electron chi connectivity index (χ4n) is 2.00. The largest absolute Gasteiger partial charge is 0.468 e. The minimum Gasteiger partial charge on any atom is -0.468 e. The molecule has 0 aliphatic carbocycles. The third-order valence-corrected chi connectivity index (χ3v) is 4.60. The topological polar surface area (TPSA) is 62.6 Å². The van der Waals surface area contributed by atoms with E-state index in [4.69, 9.17) is 16.0 Å². The van der Waals surface area contributed by atoms with Crippen LogP contribution in [0.5, 0.6) is 0 Å². The number of rotatable bonds is 7. The van der Waals surface area contributed by atoms with Crippen molar-refractivity contribution in [2.75, 3.05) is 20.6 Å². The highest BCUT2D eigenvalue weighted by molar-refractivity contribution is 7.92. The molecule has 7 heteroatoms. The third kappa shape index (κ3) is 5.51. The van der Waals surface area contributed by atoms with Gasteiger partial charge in [0.1, 0.15) is 5.76 Å². The second kappa shape index (κ2) is 7.79. The van der Waals surface area contributed by atoms with Gasteiger partial charge >= 0.3 is 0 Å². The van der Waals surface area contributed by atoms with Gasteiger partial charge in [-0.05, 0) is 50.0 Å². The Morgan fingerprint density at radius 1 is 1.26 bits per heavy atom. The summed E-state index contributed by atoms with van der Waals surface area (Å²) in [6.07, 6.45) is 3.09. The van der Waals surface area contributed by atoms with Crippen LogP contribution in [0.3, 0.4) is 0 Å². The Morgan fingerprint density at radius 3 is 2.52 bits per heavy atom. The molecule has 0 saturated carbocycles. The van der Waals surface area contributed by atoms with Gasteiger partial charge in [0.2, 0.25) is 10.0 Å². The molecule has 1 heterocycles. The maximum absolute atomic E-state index is 12.1. The molecule has 0 aliphatic heterocycles. The molecule has 0 bridgehead atoms. The van der Waals surface area contributed by atoms with Crippen molar-refractivity contribution >= 4 is 27.7 Å². The van der Waals surface area contributed by atoms with Gasteiger partial charge in [-0.2, -0.15) is 0 Å². The summed E-state index contributed by atoms with van der Waals surface area (Å²) in [5.41, 5.74) is 0.759. The van der Waals surface area contributed by atoms with Gasteiger partial charge in [-0.25, -0.2) is 13.1 Å². The van der Waals surface area contributed by atoms with Crippen LogP contribution >= 0.6 is 11.6 Å². The number of halogens is 1. The quantitative estimate of drug-likeness (QED) is 0.829. The summed E-state index contributed by atoms with van der Waals surface area (Å²) in [6, 6.07) is 10.3. The Hall–Kier alpha value is -1.60. The predicted octanol–water partition coefficient (Wildman–Crippen LogP) is 3.13. The van der Waals surface area contributed by atoms with Gasteiger partial charge in [0, 0.05) is 17.0 Å². The van der Waals surface area contributed by atoms with E-state index in [9.17, 15) is 8.42 Å². The zero-order valence-electron chi connectivity index (χ0n) is 12.9. The Labute approximate surface area is 141 Å². The van der Waals surface area contributed by atoms with Crippen molar-refractivity contribution in [2.45, 2.75) is 6.04 Å². The third-order valence-electron chi connectivity index (χ3n) is 3.28. The lowest BCUT2D eigenvalue weighted by Crippen LogP contribution is -2.33. The van der Waals surface area contributed by atoms with Gasteiger partial charge in [0.25, 0.3) is 0 Å². The molecular weight excluding hydrogens is 336 g/mol. The molecule has 0 spiro atoms. The van der Waals surface area contributed by atoms with Crippen molar-refractivity contribution in [3.05, 3.63) is 64.4 Å². The van der Waals surface area contributed by atoms with Crippen LogP contribution in [0.15, 0.2) is 52.5 Å². The highest BCUT2D eigenvalue weighted by Crippen LogP contribution is 2.18. The van der Waals surface area contributed by atoms with Crippen molar-refractivity contribution in [2.24, 2.45) is 0 Å². The fourth-order valence-corrected chi connectivity index (χ4v) is 2.95. The Kier molecular flexibility index (Phi) is 6.01. The van der Waals surface area contributed by atoms with Gasteiger partial charge in [0.15, 0.2) is 0 Å². The van der Waals surface area contributed by atoms with Crippen LogP contribution in [0.1, 0.15) is 17.4 Å². The molecule has 0 saturated heterocycles. The minimum atomic E-state index is -3.54. The van der Waals surface area contributed by atoms with Crippen molar-refractivity contribution in [3.8, 4) is 0 Å². The number of hydrogen-bond donors (Lipinski definition) is 1.